The van der Waals surface area contributed by atoms with Crippen LogP contribution in [-0.4, -0.2) is 33.6 Å². The van der Waals surface area contributed by atoms with Crippen molar-refractivity contribution < 1.29 is 4.74 Å². The van der Waals surface area contributed by atoms with Gasteiger partial charge in [0, 0.05) is 35.6 Å². The molecule has 3 rings (SSSR count). The number of nitrogens with two attached hydrogens (primary N) is 1. The minimum Gasteiger partial charge on any atom is -0.495 e. The molecule has 146 valence electrons. The minimum absolute atomic E-state index is 0.232. The van der Waals surface area contributed by atoms with Crippen LogP contribution in [0.4, 0.5) is 11.6 Å². The van der Waals surface area contributed by atoms with Gasteiger partial charge >= 0.3 is 0 Å². The molecule has 3 aromatic rings. The van der Waals surface area contributed by atoms with Crippen molar-refractivity contribution in [1.29, 1.82) is 0 Å². The largest absolute Gasteiger partial charge is 0.495 e. The van der Waals surface area contributed by atoms with E-state index in [1.165, 1.54) is 0 Å². The average molecular weight is 378 g/mol. The summed E-state index contributed by atoms with van der Waals surface area (Å²) in [5, 5.41) is 3.41. The Morgan fingerprint density at radius 1 is 1.07 bits per heavy atom. The molecule has 3 heterocycles. The van der Waals surface area contributed by atoms with Gasteiger partial charge in [0.1, 0.15) is 23.7 Å². The van der Waals surface area contributed by atoms with Gasteiger partial charge in [-0.15, -0.1) is 0 Å². The molecule has 7 heteroatoms. The minimum atomic E-state index is 0.232. The number of rotatable bonds is 7. The zero-order valence-corrected chi connectivity index (χ0v) is 16.7. The first kappa shape index (κ1) is 19.5. The second-order valence-corrected chi connectivity index (χ2v) is 6.97. The molecule has 0 aromatic carbocycles. The lowest BCUT2D eigenvalue weighted by atomic mass is 9.88. The lowest BCUT2D eigenvalue weighted by Gasteiger charge is -2.23. The van der Waals surface area contributed by atoms with Crippen LogP contribution in [0.5, 0.6) is 5.75 Å². The lowest BCUT2D eigenvalue weighted by Crippen LogP contribution is -2.18. The van der Waals surface area contributed by atoms with Gasteiger partial charge in [0.25, 0.3) is 0 Å². The summed E-state index contributed by atoms with van der Waals surface area (Å²) in [5.74, 6) is 2.58. The molecule has 7 nitrogen and oxygen atoms in total. The third-order valence-electron chi connectivity index (χ3n) is 4.96. The standard InChI is InChI=1S/C21H26N6O/c1-13(15(3)17-7-20(22)24-11-19(17)28-4)9-25-21-8-18(26-12-27-21)16-6-5-14(2)23-10-16/h5-8,10-13,15H,9H2,1-4H3,(H2,22,24)(H,25,26,27)/t13-,15?/m1/s1. The summed E-state index contributed by atoms with van der Waals surface area (Å²) in [6, 6.07) is 7.81. The summed E-state index contributed by atoms with van der Waals surface area (Å²) in [7, 11) is 1.65. The molecule has 0 saturated heterocycles. The fraction of sp³-hybridized carbons (Fsp3) is 0.333. The zero-order chi connectivity index (χ0) is 20.1. The third-order valence-corrected chi connectivity index (χ3v) is 4.96. The van der Waals surface area contributed by atoms with Crippen LogP contribution in [0.1, 0.15) is 31.0 Å². The molecule has 0 fully saturated rings. The maximum atomic E-state index is 5.86. The molecule has 2 atom stereocenters. The highest BCUT2D eigenvalue weighted by Gasteiger charge is 2.19. The van der Waals surface area contributed by atoms with E-state index in [-0.39, 0.29) is 5.92 Å². The second kappa shape index (κ2) is 8.65. The molecule has 3 aromatic heterocycles. The van der Waals surface area contributed by atoms with E-state index in [0.29, 0.717) is 11.7 Å². The van der Waals surface area contributed by atoms with E-state index in [0.717, 1.165) is 40.6 Å². The van der Waals surface area contributed by atoms with Gasteiger partial charge in [-0.1, -0.05) is 13.8 Å². The Morgan fingerprint density at radius 2 is 1.89 bits per heavy atom. The zero-order valence-electron chi connectivity index (χ0n) is 16.7. The highest BCUT2D eigenvalue weighted by molar-refractivity contribution is 5.61. The maximum Gasteiger partial charge on any atom is 0.140 e. The van der Waals surface area contributed by atoms with Gasteiger partial charge < -0.3 is 15.8 Å². The van der Waals surface area contributed by atoms with E-state index in [1.807, 2.05) is 37.4 Å². The molecule has 0 bridgehead atoms. The number of aryl methyl sites for hydroxylation is 1. The molecular weight excluding hydrogens is 352 g/mol. The van der Waals surface area contributed by atoms with Crippen LogP contribution < -0.4 is 15.8 Å². The second-order valence-electron chi connectivity index (χ2n) is 6.97. The number of pyridine rings is 2. The van der Waals surface area contributed by atoms with Gasteiger partial charge in [-0.25, -0.2) is 15.0 Å². The summed E-state index contributed by atoms with van der Waals surface area (Å²) in [4.78, 5) is 17.1. The van der Waals surface area contributed by atoms with Crippen molar-refractivity contribution in [2.75, 3.05) is 24.7 Å². The predicted octanol–water partition coefficient (Wildman–Crippen LogP) is 3.68. The highest BCUT2D eigenvalue weighted by atomic mass is 16.5. The molecule has 1 unspecified atom stereocenters. The van der Waals surface area contributed by atoms with Crippen molar-refractivity contribution >= 4 is 11.6 Å². The van der Waals surface area contributed by atoms with Crippen LogP contribution in [0, 0.1) is 12.8 Å². The van der Waals surface area contributed by atoms with Crippen LogP contribution in [0.2, 0.25) is 0 Å². The Hall–Kier alpha value is -3.22. The molecule has 28 heavy (non-hydrogen) atoms. The van der Waals surface area contributed by atoms with Gasteiger partial charge in [-0.05, 0) is 37.0 Å². The van der Waals surface area contributed by atoms with Crippen molar-refractivity contribution in [2.45, 2.75) is 26.7 Å². The van der Waals surface area contributed by atoms with Gasteiger partial charge in [-0.2, -0.15) is 0 Å². The van der Waals surface area contributed by atoms with Gasteiger partial charge in [0.2, 0.25) is 0 Å². The molecule has 3 N–H and O–H groups in total. The van der Waals surface area contributed by atoms with E-state index in [1.54, 1.807) is 19.6 Å². The predicted molar refractivity (Wildman–Crippen MR) is 111 cm³/mol. The average Bonchev–Trinajstić information content (AvgIpc) is 2.72. The van der Waals surface area contributed by atoms with E-state index >= 15 is 0 Å². The fourth-order valence-corrected chi connectivity index (χ4v) is 2.98. The molecule has 0 saturated carbocycles. The van der Waals surface area contributed by atoms with Gasteiger partial charge in [0.15, 0.2) is 0 Å². The summed E-state index contributed by atoms with van der Waals surface area (Å²) >= 11 is 0. The smallest absolute Gasteiger partial charge is 0.140 e. The molecule has 0 radical (unpaired) electrons. The lowest BCUT2D eigenvalue weighted by molar-refractivity contribution is 0.395. The number of nitrogen functional groups attached to an aromatic ring is 1. The topological polar surface area (TPSA) is 98.8 Å². The summed E-state index contributed by atoms with van der Waals surface area (Å²) < 4.78 is 5.44. The van der Waals surface area contributed by atoms with Crippen LogP contribution in [0.15, 0.2) is 43.0 Å². The Balaban J connectivity index is 1.69. The summed E-state index contributed by atoms with van der Waals surface area (Å²) in [6.45, 7) is 7.05. The van der Waals surface area contributed by atoms with Crippen LogP contribution in [0.3, 0.4) is 0 Å². The van der Waals surface area contributed by atoms with E-state index in [4.69, 9.17) is 10.5 Å². The number of nitrogens with zero attached hydrogens (tertiary/aromatic N) is 4. The van der Waals surface area contributed by atoms with Crippen LogP contribution >= 0.6 is 0 Å². The maximum absolute atomic E-state index is 5.86. The summed E-state index contributed by atoms with van der Waals surface area (Å²) in [5.41, 5.74) is 9.70. The first-order chi connectivity index (χ1) is 13.5. The van der Waals surface area contributed by atoms with Crippen molar-refractivity contribution in [3.63, 3.8) is 0 Å². The van der Waals surface area contributed by atoms with Crippen LogP contribution in [0.25, 0.3) is 11.3 Å². The number of hydrogen-bond acceptors (Lipinski definition) is 7. The quantitative estimate of drug-likeness (QED) is 0.647. The first-order valence-corrected chi connectivity index (χ1v) is 9.26. The van der Waals surface area contributed by atoms with Crippen LogP contribution in [-0.2, 0) is 0 Å². The molecule has 0 aliphatic heterocycles. The number of nitrogens with one attached hydrogen (secondary N) is 1. The van der Waals surface area contributed by atoms with Crippen molar-refractivity contribution in [2.24, 2.45) is 5.92 Å². The Bertz CT molecular complexity index is 928. The molecular formula is C21H26N6O. The van der Waals surface area contributed by atoms with Gasteiger partial charge in [-0.3, -0.25) is 4.98 Å². The molecule has 0 amide bonds. The van der Waals surface area contributed by atoms with E-state index < -0.39 is 0 Å². The number of anilines is 2. The normalized spacial score (nSPS) is 13.0. The van der Waals surface area contributed by atoms with E-state index in [2.05, 4.69) is 39.1 Å². The van der Waals surface area contributed by atoms with Crippen molar-refractivity contribution in [3.8, 4) is 17.0 Å². The summed E-state index contributed by atoms with van der Waals surface area (Å²) in [6.07, 6.45) is 5.07. The van der Waals surface area contributed by atoms with Crippen molar-refractivity contribution in [3.05, 3.63) is 54.2 Å². The van der Waals surface area contributed by atoms with Gasteiger partial charge in [0.05, 0.1) is 19.0 Å². The molecule has 0 aliphatic rings. The first-order valence-electron chi connectivity index (χ1n) is 9.26. The SMILES string of the molecule is COc1cnc(N)cc1C(C)[C@H](C)CNc1cc(-c2ccc(C)nc2)ncn1. The number of methoxy groups -OCH3 is 1. The van der Waals surface area contributed by atoms with E-state index in [9.17, 15) is 0 Å². The molecule has 0 aliphatic carbocycles. The Labute approximate surface area is 165 Å². The number of ether oxygens (including phenoxy) is 1. The number of aromatic nitrogens is 4. The molecule has 0 spiro atoms. The Morgan fingerprint density at radius 3 is 2.61 bits per heavy atom. The number of hydrogen-bond donors (Lipinski definition) is 2. The third kappa shape index (κ3) is 4.54. The van der Waals surface area contributed by atoms with Crippen molar-refractivity contribution in [1.82, 2.24) is 19.9 Å². The monoisotopic (exact) mass is 378 g/mol. The highest BCUT2D eigenvalue weighted by Crippen LogP contribution is 2.32. The fourth-order valence-electron chi connectivity index (χ4n) is 2.98. The Kier molecular flexibility index (Phi) is 6.03.